The minimum atomic E-state index is -0.240. The molecule has 2 N–H and O–H groups in total. The van der Waals surface area contributed by atoms with Crippen LogP contribution in [0.15, 0.2) is 48.5 Å². The van der Waals surface area contributed by atoms with Crippen molar-refractivity contribution in [2.24, 2.45) is 0 Å². The molecule has 6 heteroatoms. The molecule has 1 heterocycles. The van der Waals surface area contributed by atoms with Crippen LogP contribution >= 0.6 is 0 Å². The molecule has 0 aromatic heterocycles. The Balaban J connectivity index is 1.78. The molecule has 6 nitrogen and oxygen atoms in total. The first-order valence-electron chi connectivity index (χ1n) is 9.57. The van der Waals surface area contributed by atoms with E-state index in [4.69, 9.17) is 4.74 Å². The Morgan fingerprint density at radius 2 is 1.86 bits per heavy atom. The zero-order valence-electron chi connectivity index (χ0n) is 16.6. The van der Waals surface area contributed by atoms with Gasteiger partial charge in [0.15, 0.2) is 0 Å². The summed E-state index contributed by atoms with van der Waals surface area (Å²) in [6, 6.07) is 15.1. The van der Waals surface area contributed by atoms with E-state index in [9.17, 15) is 9.59 Å². The number of amides is 2. The highest BCUT2D eigenvalue weighted by atomic mass is 16.5. The number of methoxy groups -OCH3 is 1. The minimum Gasteiger partial charge on any atom is -0.385 e. The van der Waals surface area contributed by atoms with Crippen molar-refractivity contribution in [3.63, 3.8) is 0 Å². The number of rotatable bonds is 8. The number of nitrogens with zero attached hydrogens (tertiary/aromatic N) is 1. The van der Waals surface area contributed by atoms with Crippen LogP contribution in [0.2, 0.25) is 0 Å². The van der Waals surface area contributed by atoms with Crippen molar-refractivity contribution < 1.29 is 14.3 Å². The molecule has 0 saturated carbocycles. The van der Waals surface area contributed by atoms with Crippen LogP contribution < -0.4 is 10.6 Å². The number of carbonyl (C=O) groups excluding carboxylic acids is 2. The monoisotopic (exact) mass is 381 g/mol. The maximum atomic E-state index is 12.8. The second kappa shape index (κ2) is 8.89. The number of fused-ring (bicyclic) bond motifs is 1. The van der Waals surface area contributed by atoms with Crippen LogP contribution in [0.25, 0.3) is 0 Å². The van der Waals surface area contributed by atoms with Gasteiger partial charge < -0.3 is 20.3 Å². The largest absolute Gasteiger partial charge is 0.385 e. The Labute approximate surface area is 165 Å². The molecule has 2 amide bonds. The standard InChI is InChI=1S/C22H27N3O3/c1-15(2)23-21(26)16-9-11-17(12-10-16)24-20-18-7-4-5-8-19(18)22(27)25(20)13-6-14-28-3/h4-5,7-12,15,20,24H,6,13-14H2,1-3H3,(H,23,26). The molecule has 2 aromatic rings. The van der Waals surface area contributed by atoms with E-state index in [1.165, 1.54) is 0 Å². The van der Waals surface area contributed by atoms with E-state index in [1.54, 1.807) is 19.2 Å². The summed E-state index contributed by atoms with van der Waals surface area (Å²) >= 11 is 0. The Hall–Kier alpha value is -2.86. The molecule has 3 rings (SSSR count). The molecular formula is C22H27N3O3. The van der Waals surface area contributed by atoms with Gasteiger partial charge in [0.1, 0.15) is 6.17 Å². The minimum absolute atomic E-state index is 0.0251. The predicted molar refractivity (Wildman–Crippen MR) is 109 cm³/mol. The van der Waals surface area contributed by atoms with Crippen LogP contribution in [-0.4, -0.2) is 43.0 Å². The highest BCUT2D eigenvalue weighted by Gasteiger charge is 2.35. The number of hydrogen-bond acceptors (Lipinski definition) is 4. The Bertz CT molecular complexity index is 833. The van der Waals surface area contributed by atoms with E-state index < -0.39 is 0 Å². The van der Waals surface area contributed by atoms with Crippen molar-refractivity contribution in [3.05, 3.63) is 65.2 Å². The fourth-order valence-electron chi connectivity index (χ4n) is 3.36. The number of anilines is 1. The van der Waals surface area contributed by atoms with Gasteiger partial charge in [0, 0.05) is 48.7 Å². The molecule has 0 saturated heterocycles. The van der Waals surface area contributed by atoms with Gasteiger partial charge in [-0.15, -0.1) is 0 Å². The van der Waals surface area contributed by atoms with Gasteiger partial charge in [-0.1, -0.05) is 18.2 Å². The third kappa shape index (κ3) is 4.34. The predicted octanol–water partition coefficient (Wildman–Crippen LogP) is 3.43. The van der Waals surface area contributed by atoms with Gasteiger partial charge in [-0.3, -0.25) is 9.59 Å². The van der Waals surface area contributed by atoms with Gasteiger partial charge >= 0.3 is 0 Å². The lowest BCUT2D eigenvalue weighted by Gasteiger charge is -2.27. The van der Waals surface area contributed by atoms with Crippen LogP contribution in [0.1, 0.15) is 52.7 Å². The van der Waals surface area contributed by atoms with Crippen LogP contribution in [0.4, 0.5) is 5.69 Å². The fraction of sp³-hybridized carbons (Fsp3) is 0.364. The molecular weight excluding hydrogens is 354 g/mol. The van der Waals surface area contributed by atoms with E-state index in [0.29, 0.717) is 18.7 Å². The molecule has 2 aromatic carbocycles. The van der Waals surface area contributed by atoms with E-state index in [0.717, 1.165) is 23.2 Å². The van der Waals surface area contributed by atoms with Crippen molar-refractivity contribution in [2.75, 3.05) is 25.6 Å². The van der Waals surface area contributed by atoms with Gasteiger partial charge in [0.05, 0.1) is 0 Å². The van der Waals surface area contributed by atoms with Gasteiger partial charge in [-0.25, -0.2) is 0 Å². The average molecular weight is 381 g/mol. The van der Waals surface area contributed by atoms with Gasteiger partial charge in [0.2, 0.25) is 0 Å². The number of ether oxygens (including phenoxy) is 1. The third-order valence-corrected chi connectivity index (χ3v) is 4.68. The summed E-state index contributed by atoms with van der Waals surface area (Å²) in [4.78, 5) is 26.8. The zero-order chi connectivity index (χ0) is 20.1. The molecule has 1 unspecified atom stereocenters. The van der Waals surface area contributed by atoms with E-state index in [1.807, 2.05) is 55.1 Å². The second-order valence-corrected chi connectivity index (χ2v) is 7.18. The van der Waals surface area contributed by atoms with Crippen molar-refractivity contribution in [1.29, 1.82) is 0 Å². The normalized spacial score (nSPS) is 15.6. The molecule has 0 bridgehead atoms. The smallest absolute Gasteiger partial charge is 0.256 e. The fourth-order valence-corrected chi connectivity index (χ4v) is 3.36. The molecule has 1 aliphatic rings. The Morgan fingerprint density at radius 3 is 2.54 bits per heavy atom. The van der Waals surface area contributed by atoms with Crippen molar-refractivity contribution >= 4 is 17.5 Å². The van der Waals surface area contributed by atoms with Gasteiger partial charge in [0.25, 0.3) is 11.8 Å². The number of carbonyl (C=O) groups is 2. The average Bonchev–Trinajstić information content (AvgIpc) is 2.94. The van der Waals surface area contributed by atoms with Gasteiger partial charge in [-0.05, 0) is 50.6 Å². The van der Waals surface area contributed by atoms with Crippen LogP contribution in [-0.2, 0) is 4.74 Å². The summed E-state index contributed by atoms with van der Waals surface area (Å²) in [5, 5.41) is 6.33. The quantitative estimate of drug-likeness (QED) is 0.688. The second-order valence-electron chi connectivity index (χ2n) is 7.18. The lowest BCUT2D eigenvalue weighted by molar-refractivity contribution is 0.0721. The highest BCUT2D eigenvalue weighted by Crippen LogP contribution is 2.34. The summed E-state index contributed by atoms with van der Waals surface area (Å²) in [6.07, 6.45) is 0.527. The first-order chi connectivity index (χ1) is 13.5. The Kier molecular flexibility index (Phi) is 6.31. The molecule has 0 spiro atoms. The number of nitrogens with one attached hydrogen (secondary N) is 2. The molecule has 0 fully saturated rings. The van der Waals surface area contributed by atoms with Crippen LogP contribution in [0.5, 0.6) is 0 Å². The van der Waals surface area contributed by atoms with Crippen molar-refractivity contribution in [3.8, 4) is 0 Å². The van der Waals surface area contributed by atoms with Crippen LogP contribution in [0, 0.1) is 0 Å². The van der Waals surface area contributed by atoms with Gasteiger partial charge in [-0.2, -0.15) is 0 Å². The third-order valence-electron chi connectivity index (χ3n) is 4.68. The van der Waals surface area contributed by atoms with E-state index in [2.05, 4.69) is 10.6 Å². The molecule has 1 atom stereocenters. The maximum Gasteiger partial charge on any atom is 0.256 e. The lowest BCUT2D eigenvalue weighted by atomic mass is 10.1. The summed E-state index contributed by atoms with van der Waals surface area (Å²) in [5.41, 5.74) is 3.16. The van der Waals surface area contributed by atoms with E-state index in [-0.39, 0.29) is 24.0 Å². The summed E-state index contributed by atoms with van der Waals surface area (Å²) < 4.78 is 5.13. The first kappa shape index (κ1) is 19.9. The van der Waals surface area contributed by atoms with Crippen molar-refractivity contribution in [2.45, 2.75) is 32.5 Å². The maximum absolute atomic E-state index is 12.8. The number of benzene rings is 2. The molecule has 1 aliphatic heterocycles. The molecule has 148 valence electrons. The number of hydrogen-bond donors (Lipinski definition) is 2. The van der Waals surface area contributed by atoms with Crippen LogP contribution in [0.3, 0.4) is 0 Å². The highest BCUT2D eigenvalue weighted by molar-refractivity contribution is 5.99. The SMILES string of the molecule is COCCCN1C(=O)c2ccccc2C1Nc1ccc(C(=O)NC(C)C)cc1. The molecule has 0 radical (unpaired) electrons. The summed E-state index contributed by atoms with van der Waals surface area (Å²) in [5.74, 6) is -0.0683. The zero-order valence-corrected chi connectivity index (χ0v) is 16.6. The van der Waals surface area contributed by atoms with Crippen molar-refractivity contribution in [1.82, 2.24) is 10.2 Å². The Morgan fingerprint density at radius 1 is 1.14 bits per heavy atom. The first-order valence-corrected chi connectivity index (χ1v) is 9.57. The topological polar surface area (TPSA) is 70.7 Å². The summed E-state index contributed by atoms with van der Waals surface area (Å²) in [6.45, 7) is 5.07. The molecule has 28 heavy (non-hydrogen) atoms. The lowest BCUT2D eigenvalue weighted by Crippen LogP contribution is -2.33. The van der Waals surface area contributed by atoms with E-state index >= 15 is 0 Å². The summed E-state index contributed by atoms with van der Waals surface area (Å²) in [7, 11) is 1.66. The molecule has 0 aliphatic carbocycles.